The van der Waals surface area contributed by atoms with Crippen LogP contribution in [0, 0.1) is 0 Å². The van der Waals surface area contributed by atoms with E-state index in [2.05, 4.69) is 0 Å². The fourth-order valence-electron chi connectivity index (χ4n) is 1.15. The van der Waals surface area contributed by atoms with E-state index in [0.717, 1.165) is 5.56 Å². The Morgan fingerprint density at radius 3 is 2.29 bits per heavy atom. The topological polar surface area (TPSA) is 41.5 Å². The molecule has 0 saturated heterocycles. The first-order valence-corrected chi connectivity index (χ1v) is 4.11. The molecular formula is C10H13NaO3. The zero-order chi connectivity index (χ0) is 9.68. The molecule has 72 valence electrons. The van der Waals surface area contributed by atoms with Gasteiger partial charge in [0.2, 0.25) is 0 Å². The van der Waals surface area contributed by atoms with Crippen LogP contribution in [-0.2, 0) is 6.42 Å². The standard InChI is InChI=1S/C10H13O3.Na/c1-12-9-4-3-8(5-6-11)7-10(9)13-2;/h3-4,7H,5-6H2,1-2H3;/q-1;+1. The van der Waals surface area contributed by atoms with Gasteiger partial charge in [0, 0.05) is 0 Å². The molecule has 0 bridgehead atoms. The first-order valence-electron chi connectivity index (χ1n) is 4.11. The van der Waals surface area contributed by atoms with Gasteiger partial charge in [0.15, 0.2) is 11.5 Å². The molecule has 0 radical (unpaired) electrons. The van der Waals surface area contributed by atoms with Gasteiger partial charge in [-0.3, -0.25) is 0 Å². The summed E-state index contributed by atoms with van der Waals surface area (Å²) in [7, 11) is 3.17. The molecule has 14 heavy (non-hydrogen) atoms. The van der Waals surface area contributed by atoms with Crippen LogP contribution in [0.4, 0.5) is 0 Å². The number of methoxy groups -OCH3 is 2. The monoisotopic (exact) mass is 204 g/mol. The maximum absolute atomic E-state index is 10.4. The molecule has 0 aliphatic carbocycles. The maximum atomic E-state index is 10.4. The van der Waals surface area contributed by atoms with Gasteiger partial charge in [-0.25, -0.2) is 0 Å². The molecule has 1 rings (SSSR count). The van der Waals surface area contributed by atoms with Gasteiger partial charge in [0.25, 0.3) is 0 Å². The molecule has 0 aromatic heterocycles. The third kappa shape index (κ3) is 3.50. The first kappa shape index (κ1) is 13.8. The Morgan fingerprint density at radius 1 is 1.14 bits per heavy atom. The first-order chi connectivity index (χ1) is 6.31. The summed E-state index contributed by atoms with van der Waals surface area (Å²) in [5.74, 6) is 1.37. The summed E-state index contributed by atoms with van der Waals surface area (Å²) in [6.45, 7) is -0.102. The summed E-state index contributed by atoms with van der Waals surface area (Å²) in [5, 5.41) is 10.4. The summed E-state index contributed by atoms with van der Waals surface area (Å²) in [6.07, 6.45) is 0.528. The van der Waals surface area contributed by atoms with Crippen molar-refractivity contribution in [3.8, 4) is 11.5 Å². The summed E-state index contributed by atoms with van der Waals surface area (Å²) in [4.78, 5) is 0. The molecule has 0 aliphatic heterocycles. The second kappa shape index (κ2) is 7.12. The molecule has 0 fully saturated rings. The second-order valence-electron chi connectivity index (χ2n) is 2.64. The number of rotatable bonds is 4. The van der Waals surface area contributed by atoms with E-state index in [1.165, 1.54) is 0 Å². The smallest absolute Gasteiger partial charge is 0.854 e. The Balaban J connectivity index is 0.00000169. The van der Waals surface area contributed by atoms with E-state index in [4.69, 9.17) is 9.47 Å². The summed E-state index contributed by atoms with van der Waals surface area (Å²) in [6, 6.07) is 5.51. The normalized spacial score (nSPS) is 9.07. The quantitative estimate of drug-likeness (QED) is 0.514. The van der Waals surface area contributed by atoms with Crippen LogP contribution in [0.5, 0.6) is 11.5 Å². The van der Waals surface area contributed by atoms with Crippen molar-refractivity contribution >= 4 is 0 Å². The van der Waals surface area contributed by atoms with E-state index in [1.54, 1.807) is 14.2 Å². The SMILES string of the molecule is COc1ccc(CC[O-])cc1OC.[Na+]. The van der Waals surface area contributed by atoms with E-state index in [-0.39, 0.29) is 36.2 Å². The summed E-state index contributed by atoms with van der Waals surface area (Å²) >= 11 is 0. The van der Waals surface area contributed by atoms with Crippen LogP contribution in [0.1, 0.15) is 5.56 Å². The average Bonchev–Trinajstić information content (AvgIpc) is 2.18. The molecule has 3 nitrogen and oxygen atoms in total. The van der Waals surface area contributed by atoms with Crippen molar-refractivity contribution in [2.45, 2.75) is 6.42 Å². The Hall–Kier alpha value is -0.220. The van der Waals surface area contributed by atoms with Crippen LogP contribution in [-0.4, -0.2) is 20.8 Å². The van der Waals surface area contributed by atoms with Crippen LogP contribution >= 0.6 is 0 Å². The fraction of sp³-hybridized carbons (Fsp3) is 0.400. The van der Waals surface area contributed by atoms with Gasteiger partial charge < -0.3 is 14.6 Å². The molecule has 0 spiro atoms. The molecule has 0 amide bonds. The van der Waals surface area contributed by atoms with Crippen LogP contribution in [0.15, 0.2) is 18.2 Å². The largest absolute Gasteiger partial charge is 1.00 e. The zero-order valence-electron chi connectivity index (χ0n) is 8.87. The number of ether oxygens (including phenoxy) is 2. The van der Waals surface area contributed by atoms with Crippen molar-refractivity contribution in [3.05, 3.63) is 23.8 Å². The molecular weight excluding hydrogens is 191 g/mol. The van der Waals surface area contributed by atoms with Crippen molar-refractivity contribution in [3.63, 3.8) is 0 Å². The molecule has 0 heterocycles. The van der Waals surface area contributed by atoms with Gasteiger partial charge >= 0.3 is 29.6 Å². The van der Waals surface area contributed by atoms with Gasteiger partial charge in [0.05, 0.1) is 14.2 Å². The second-order valence-corrected chi connectivity index (χ2v) is 2.64. The number of benzene rings is 1. The molecule has 1 aromatic carbocycles. The van der Waals surface area contributed by atoms with Gasteiger partial charge in [-0.1, -0.05) is 6.07 Å². The molecule has 0 saturated carbocycles. The van der Waals surface area contributed by atoms with E-state index in [9.17, 15) is 5.11 Å². The minimum absolute atomic E-state index is 0. The summed E-state index contributed by atoms with van der Waals surface area (Å²) in [5.41, 5.74) is 0.979. The van der Waals surface area contributed by atoms with Gasteiger partial charge in [-0.2, -0.15) is 0 Å². The Labute approximate surface area is 106 Å². The molecule has 0 N–H and O–H groups in total. The Kier molecular flexibility index (Phi) is 7.01. The van der Waals surface area contributed by atoms with Crippen molar-refractivity contribution in [1.82, 2.24) is 0 Å². The third-order valence-electron chi connectivity index (χ3n) is 1.84. The molecule has 0 unspecified atom stereocenters. The number of hydrogen-bond acceptors (Lipinski definition) is 3. The van der Waals surface area contributed by atoms with Crippen molar-refractivity contribution in [2.24, 2.45) is 0 Å². The zero-order valence-corrected chi connectivity index (χ0v) is 10.9. The van der Waals surface area contributed by atoms with E-state index in [1.807, 2.05) is 18.2 Å². The predicted molar refractivity (Wildman–Crippen MR) is 48.1 cm³/mol. The van der Waals surface area contributed by atoms with Crippen molar-refractivity contribution < 1.29 is 44.1 Å². The maximum Gasteiger partial charge on any atom is 1.00 e. The minimum atomic E-state index is -0.102. The van der Waals surface area contributed by atoms with E-state index < -0.39 is 0 Å². The van der Waals surface area contributed by atoms with Gasteiger partial charge in [-0.15, -0.1) is 6.61 Å². The van der Waals surface area contributed by atoms with Gasteiger partial charge in [0.1, 0.15) is 0 Å². The van der Waals surface area contributed by atoms with E-state index >= 15 is 0 Å². The van der Waals surface area contributed by atoms with Crippen LogP contribution in [0.3, 0.4) is 0 Å². The van der Waals surface area contributed by atoms with Crippen LogP contribution < -0.4 is 44.1 Å². The third-order valence-corrected chi connectivity index (χ3v) is 1.84. The number of hydrogen-bond donors (Lipinski definition) is 0. The van der Waals surface area contributed by atoms with Crippen LogP contribution in [0.2, 0.25) is 0 Å². The van der Waals surface area contributed by atoms with Crippen molar-refractivity contribution in [2.75, 3.05) is 20.8 Å². The van der Waals surface area contributed by atoms with E-state index in [0.29, 0.717) is 17.9 Å². The Morgan fingerprint density at radius 2 is 1.79 bits per heavy atom. The van der Waals surface area contributed by atoms with Crippen molar-refractivity contribution in [1.29, 1.82) is 0 Å². The summed E-state index contributed by atoms with van der Waals surface area (Å²) < 4.78 is 10.2. The fourth-order valence-corrected chi connectivity index (χ4v) is 1.15. The Bertz CT molecular complexity index is 276. The average molecular weight is 204 g/mol. The minimum Gasteiger partial charge on any atom is -0.854 e. The molecule has 4 heteroatoms. The van der Waals surface area contributed by atoms with Gasteiger partial charge in [-0.05, 0) is 24.1 Å². The predicted octanol–water partition coefficient (Wildman–Crippen LogP) is -2.39. The molecule has 1 aromatic rings. The van der Waals surface area contributed by atoms with Crippen LogP contribution in [0.25, 0.3) is 0 Å². The molecule has 0 atom stereocenters. The molecule has 0 aliphatic rings.